The van der Waals surface area contributed by atoms with E-state index in [9.17, 15) is 5.11 Å². The Balaban J connectivity index is 3.66. The lowest BCUT2D eigenvalue weighted by Crippen LogP contribution is -2.35. The summed E-state index contributed by atoms with van der Waals surface area (Å²) in [6.07, 6.45) is 4.23. The molecule has 0 bridgehead atoms. The van der Waals surface area contributed by atoms with Crippen molar-refractivity contribution in [1.29, 1.82) is 0 Å². The van der Waals surface area contributed by atoms with Crippen LogP contribution in [0.2, 0.25) is 0 Å². The van der Waals surface area contributed by atoms with Gasteiger partial charge in [-0.05, 0) is 25.3 Å². The predicted octanol–water partition coefficient (Wildman–Crippen LogP) is 2.19. The molecule has 0 rings (SSSR count). The molecule has 0 aromatic heterocycles. The van der Waals surface area contributed by atoms with Gasteiger partial charge in [-0.25, -0.2) is 0 Å². The Morgan fingerprint density at radius 2 is 1.94 bits per heavy atom. The number of aliphatic hydroxyl groups is 1. The summed E-state index contributed by atoms with van der Waals surface area (Å²) in [5, 5.41) is 13.1. The second-order valence-corrected chi connectivity index (χ2v) is 4.85. The van der Waals surface area contributed by atoms with Gasteiger partial charge in [0.2, 0.25) is 0 Å². The monoisotopic (exact) mass is 231 g/mol. The van der Waals surface area contributed by atoms with Crippen molar-refractivity contribution in [1.82, 2.24) is 5.32 Å². The zero-order chi connectivity index (χ0) is 12.4. The summed E-state index contributed by atoms with van der Waals surface area (Å²) < 4.78 is 5.18. The van der Waals surface area contributed by atoms with Crippen LogP contribution in [0.5, 0.6) is 0 Å². The molecule has 0 spiro atoms. The van der Waals surface area contributed by atoms with Gasteiger partial charge in [-0.1, -0.05) is 33.6 Å². The number of nitrogens with one attached hydrogen (secondary N) is 1. The molecule has 2 N–H and O–H groups in total. The van der Waals surface area contributed by atoms with Gasteiger partial charge in [-0.2, -0.15) is 0 Å². The molecule has 0 saturated carbocycles. The summed E-state index contributed by atoms with van der Waals surface area (Å²) >= 11 is 0. The standard InChI is InChI=1S/C13H29NO2/c1-5-6-7-12(10-16-4)14-9-8-13(15)11(2)3/h11-15H,5-10H2,1-4H3. The Morgan fingerprint density at radius 3 is 2.44 bits per heavy atom. The number of aliphatic hydroxyl groups excluding tert-OH is 1. The molecule has 0 amide bonds. The highest BCUT2D eigenvalue weighted by Gasteiger charge is 2.11. The second kappa shape index (κ2) is 10.1. The quantitative estimate of drug-likeness (QED) is 0.605. The van der Waals surface area contributed by atoms with E-state index in [1.54, 1.807) is 7.11 Å². The summed E-state index contributed by atoms with van der Waals surface area (Å²) in [4.78, 5) is 0. The smallest absolute Gasteiger partial charge is 0.0615 e. The highest BCUT2D eigenvalue weighted by molar-refractivity contribution is 4.68. The second-order valence-electron chi connectivity index (χ2n) is 4.85. The first-order valence-corrected chi connectivity index (χ1v) is 6.52. The minimum Gasteiger partial charge on any atom is -0.393 e. The minimum absolute atomic E-state index is 0.193. The van der Waals surface area contributed by atoms with Crippen LogP contribution in [0.25, 0.3) is 0 Å². The van der Waals surface area contributed by atoms with E-state index in [1.165, 1.54) is 12.8 Å². The molecule has 0 aliphatic rings. The van der Waals surface area contributed by atoms with Crippen LogP contribution < -0.4 is 5.32 Å². The van der Waals surface area contributed by atoms with E-state index >= 15 is 0 Å². The maximum atomic E-state index is 9.67. The number of rotatable bonds is 10. The van der Waals surface area contributed by atoms with E-state index in [0.717, 1.165) is 26.0 Å². The molecular formula is C13H29NO2. The van der Waals surface area contributed by atoms with Gasteiger partial charge in [0.05, 0.1) is 12.7 Å². The first-order valence-electron chi connectivity index (χ1n) is 6.52. The predicted molar refractivity (Wildman–Crippen MR) is 68.7 cm³/mol. The third kappa shape index (κ3) is 8.08. The average Bonchev–Trinajstić information content (AvgIpc) is 2.25. The first-order chi connectivity index (χ1) is 7.61. The summed E-state index contributed by atoms with van der Waals surface area (Å²) in [6, 6.07) is 0.435. The van der Waals surface area contributed by atoms with Gasteiger partial charge in [0, 0.05) is 13.2 Å². The largest absolute Gasteiger partial charge is 0.393 e. The molecule has 98 valence electrons. The van der Waals surface area contributed by atoms with Gasteiger partial charge >= 0.3 is 0 Å². The molecule has 16 heavy (non-hydrogen) atoms. The lowest BCUT2D eigenvalue weighted by Gasteiger charge is -2.20. The lowest BCUT2D eigenvalue weighted by atomic mass is 10.0. The average molecular weight is 231 g/mol. The molecule has 0 aromatic rings. The topological polar surface area (TPSA) is 41.5 Å². The third-order valence-electron chi connectivity index (χ3n) is 2.92. The van der Waals surface area contributed by atoms with Crippen molar-refractivity contribution in [3.8, 4) is 0 Å². The van der Waals surface area contributed by atoms with Gasteiger partial charge in [-0.15, -0.1) is 0 Å². The Labute approximate surface area is 101 Å². The van der Waals surface area contributed by atoms with Crippen LogP contribution in [-0.2, 0) is 4.74 Å². The van der Waals surface area contributed by atoms with Gasteiger partial charge in [0.15, 0.2) is 0 Å². The first kappa shape index (κ1) is 15.9. The fourth-order valence-corrected chi connectivity index (χ4v) is 1.66. The van der Waals surface area contributed by atoms with Crippen molar-refractivity contribution < 1.29 is 9.84 Å². The van der Waals surface area contributed by atoms with Crippen LogP contribution in [0.15, 0.2) is 0 Å². The molecule has 0 fully saturated rings. The van der Waals surface area contributed by atoms with Crippen LogP contribution in [0.1, 0.15) is 46.5 Å². The van der Waals surface area contributed by atoms with Crippen LogP contribution in [-0.4, -0.2) is 37.5 Å². The maximum absolute atomic E-state index is 9.67. The van der Waals surface area contributed by atoms with Crippen molar-refractivity contribution in [3.63, 3.8) is 0 Å². The van der Waals surface area contributed by atoms with Crippen molar-refractivity contribution in [2.24, 2.45) is 5.92 Å². The summed E-state index contributed by atoms with van der Waals surface area (Å²) in [5.74, 6) is 0.346. The highest BCUT2D eigenvalue weighted by atomic mass is 16.5. The fourth-order valence-electron chi connectivity index (χ4n) is 1.66. The van der Waals surface area contributed by atoms with E-state index in [0.29, 0.717) is 12.0 Å². The number of unbranched alkanes of at least 4 members (excludes halogenated alkanes) is 1. The number of hydrogen-bond acceptors (Lipinski definition) is 3. The van der Waals surface area contributed by atoms with Crippen molar-refractivity contribution in [3.05, 3.63) is 0 Å². The van der Waals surface area contributed by atoms with Crippen molar-refractivity contribution in [2.75, 3.05) is 20.3 Å². The van der Waals surface area contributed by atoms with Crippen LogP contribution in [0.3, 0.4) is 0 Å². The van der Waals surface area contributed by atoms with E-state index in [4.69, 9.17) is 4.74 Å². The van der Waals surface area contributed by atoms with Gasteiger partial charge in [-0.3, -0.25) is 0 Å². The molecule has 0 aliphatic heterocycles. The highest BCUT2D eigenvalue weighted by Crippen LogP contribution is 2.06. The molecular weight excluding hydrogens is 202 g/mol. The molecule has 3 heteroatoms. The number of ether oxygens (including phenoxy) is 1. The Hall–Kier alpha value is -0.120. The van der Waals surface area contributed by atoms with Crippen LogP contribution >= 0.6 is 0 Å². The van der Waals surface area contributed by atoms with Gasteiger partial charge < -0.3 is 15.2 Å². The van der Waals surface area contributed by atoms with Crippen LogP contribution in [0, 0.1) is 5.92 Å². The van der Waals surface area contributed by atoms with Crippen molar-refractivity contribution in [2.45, 2.75) is 58.6 Å². The zero-order valence-corrected chi connectivity index (χ0v) is 11.3. The summed E-state index contributed by atoms with van der Waals surface area (Å²) in [5.41, 5.74) is 0. The molecule has 3 nitrogen and oxygen atoms in total. The SMILES string of the molecule is CCCCC(COC)NCCC(O)C(C)C. The zero-order valence-electron chi connectivity index (χ0n) is 11.3. The number of methoxy groups -OCH3 is 1. The van der Waals surface area contributed by atoms with Gasteiger partial charge in [0.25, 0.3) is 0 Å². The van der Waals surface area contributed by atoms with E-state index in [1.807, 2.05) is 13.8 Å². The summed E-state index contributed by atoms with van der Waals surface area (Å²) in [6.45, 7) is 7.93. The maximum Gasteiger partial charge on any atom is 0.0615 e. The normalized spacial score (nSPS) is 15.4. The molecule has 2 unspecified atom stereocenters. The molecule has 2 atom stereocenters. The molecule has 0 aliphatic carbocycles. The van der Waals surface area contributed by atoms with E-state index in [2.05, 4.69) is 12.2 Å². The van der Waals surface area contributed by atoms with E-state index < -0.39 is 0 Å². The third-order valence-corrected chi connectivity index (χ3v) is 2.92. The Bertz CT molecular complexity index is 151. The minimum atomic E-state index is -0.193. The summed E-state index contributed by atoms with van der Waals surface area (Å²) in [7, 11) is 1.74. The molecule has 0 saturated heterocycles. The fraction of sp³-hybridized carbons (Fsp3) is 1.00. The van der Waals surface area contributed by atoms with Crippen LogP contribution in [0.4, 0.5) is 0 Å². The molecule has 0 radical (unpaired) electrons. The Kier molecular flexibility index (Phi) is 9.99. The van der Waals surface area contributed by atoms with E-state index in [-0.39, 0.29) is 6.10 Å². The molecule has 0 heterocycles. The molecule has 0 aromatic carbocycles. The van der Waals surface area contributed by atoms with Gasteiger partial charge in [0.1, 0.15) is 0 Å². The van der Waals surface area contributed by atoms with Crippen molar-refractivity contribution >= 4 is 0 Å². The number of hydrogen-bond donors (Lipinski definition) is 2. The lowest BCUT2D eigenvalue weighted by molar-refractivity contribution is 0.110. The Morgan fingerprint density at radius 1 is 1.25 bits per heavy atom.